The van der Waals surface area contributed by atoms with Crippen LogP contribution in [0.1, 0.15) is 12.1 Å². The molecule has 1 unspecified atom stereocenters. The van der Waals surface area contributed by atoms with Crippen molar-refractivity contribution in [2.24, 2.45) is 5.92 Å². The second kappa shape index (κ2) is 8.43. The van der Waals surface area contributed by atoms with Crippen LogP contribution in [0.25, 0.3) is 5.65 Å². The zero-order chi connectivity index (χ0) is 21.4. The number of pyridine rings is 1. The number of fused-ring (bicyclic) bond motifs is 1. The van der Waals surface area contributed by atoms with E-state index in [1.807, 2.05) is 58.0 Å². The summed E-state index contributed by atoms with van der Waals surface area (Å²) >= 11 is 3.42. The van der Waals surface area contributed by atoms with Gasteiger partial charge in [0.2, 0.25) is 11.8 Å². The lowest BCUT2D eigenvalue weighted by atomic mass is 10.1. The Morgan fingerprint density at radius 1 is 1.06 bits per heavy atom. The standard InChI is InChI=1S/C23H24BrN5O2/c24-18-4-6-20(7-5-18)29-14-17(13-22(29)30)23(31)27-11-9-26(10-12-27)15-19-16-28-8-2-1-3-21(28)25-19/h1-8,16-17H,9-15H2. The van der Waals surface area contributed by atoms with Gasteiger partial charge in [0.15, 0.2) is 0 Å². The molecule has 0 N–H and O–H groups in total. The van der Waals surface area contributed by atoms with Gasteiger partial charge in [0.1, 0.15) is 5.65 Å². The average molecular weight is 482 g/mol. The maximum Gasteiger partial charge on any atom is 0.228 e. The van der Waals surface area contributed by atoms with E-state index < -0.39 is 0 Å². The van der Waals surface area contributed by atoms with Gasteiger partial charge >= 0.3 is 0 Å². The van der Waals surface area contributed by atoms with Gasteiger partial charge < -0.3 is 14.2 Å². The van der Waals surface area contributed by atoms with Crippen molar-refractivity contribution in [3.05, 3.63) is 65.0 Å². The van der Waals surface area contributed by atoms with Crippen LogP contribution in [0.15, 0.2) is 59.3 Å². The van der Waals surface area contributed by atoms with Crippen LogP contribution in [0, 0.1) is 5.92 Å². The number of carbonyl (C=O) groups is 2. The fourth-order valence-corrected chi connectivity index (χ4v) is 4.68. The number of aromatic nitrogens is 2. The lowest BCUT2D eigenvalue weighted by Crippen LogP contribution is -2.50. The number of hydrogen-bond acceptors (Lipinski definition) is 4. The van der Waals surface area contributed by atoms with Crippen molar-refractivity contribution in [1.29, 1.82) is 0 Å². The highest BCUT2D eigenvalue weighted by Gasteiger charge is 2.37. The van der Waals surface area contributed by atoms with Crippen LogP contribution in [0.3, 0.4) is 0 Å². The van der Waals surface area contributed by atoms with E-state index in [1.165, 1.54) is 0 Å². The van der Waals surface area contributed by atoms with Gasteiger partial charge in [-0.15, -0.1) is 0 Å². The van der Waals surface area contributed by atoms with Crippen LogP contribution < -0.4 is 4.90 Å². The molecule has 5 rings (SSSR count). The Kier molecular flexibility index (Phi) is 5.50. The average Bonchev–Trinajstić information content (AvgIpc) is 3.37. The summed E-state index contributed by atoms with van der Waals surface area (Å²) in [4.78, 5) is 36.2. The van der Waals surface area contributed by atoms with Crippen molar-refractivity contribution in [2.75, 3.05) is 37.6 Å². The Morgan fingerprint density at radius 2 is 1.84 bits per heavy atom. The zero-order valence-electron chi connectivity index (χ0n) is 17.2. The Bertz CT molecular complexity index is 1070. The SMILES string of the molecule is O=C(C1CC(=O)N(c2ccc(Br)cc2)C1)N1CCN(Cc2cn3ccccc3n2)CC1. The fraction of sp³-hybridized carbons (Fsp3) is 0.348. The van der Waals surface area contributed by atoms with Crippen LogP contribution in [0.2, 0.25) is 0 Å². The zero-order valence-corrected chi connectivity index (χ0v) is 18.7. The highest BCUT2D eigenvalue weighted by atomic mass is 79.9. The highest BCUT2D eigenvalue weighted by Crippen LogP contribution is 2.28. The molecule has 0 bridgehead atoms. The molecule has 0 radical (unpaired) electrons. The summed E-state index contributed by atoms with van der Waals surface area (Å²) in [5.41, 5.74) is 2.84. The predicted octanol–water partition coefficient (Wildman–Crippen LogP) is 2.79. The summed E-state index contributed by atoms with van der Waals surface area (Å²) in [6.45, 7) is 4.25. The van der Waals surface area contributed by atoms with E-state index >= 15 is 0 Å². The summed E-state index contributed by atoms with van der Waals surface area (Å²) in [5.74, 6) is -0.146. The first-order valence-electron chi connectivity index (χ1n) is 10.6. The summed E-state index contributed by atoms with van der Waals surface area (Å²) < 4.78 is 3.00. The van der Waals surface area contributed by atoms with E-state index in [0.29, 0.717) is 19.6 Å². The number of rotatable bonds is 4. The molecular formula is C23H24BrN5O2. The normalized spacial score (nSPS) is 20.0. The van der Waals surface area contributed by atoms with Crippen LogP contribution in [0.5, 0.6) is 0 Å². The minimum Gasteiger partial charge on any atom is -0.340 e. The van der Waals surface area contributed by atoms with E-state index in [9.17, 15) is 9.59 Å². The highest BCUT2D eigenvalue weighted by molar-refractivity contribution is 9.10. The number of halogens is 1. The van der Waals surface area contributed by atoms with E-state index in [1.54, 1.807) is 4.90 Å². The van der Waals surface area contributed by atoms with Crippen molar-refractivity contribution in [3.8, 4) is 0 Å². The largest absolute Gasteiger partial charge is 0.340 e. The quantitative estimate of drug-likeness (QED) is 0.574. The molecule has 7 nitrogen and oxygen atoms in total. The number of imidazole rings is 1. The van der Waals surface area contributed by atoms with Gasteiger partial charge in [-0.3, -0.25) is 14.5 Å². The topological polar surface area (TPSA) is 61.2 Å². The maximum atomic E-state index is 13.1. The third-order valence-corrected chi connectivity index (χ3v) is 6.62. The minimum absolute atomic E-state index is 0.0196. The predicted molar refractivity (Wildman–Crippen MR) is 122 cm³/mol. The van der Waals surface area contributed by atoms with Gasteiger partial charge in [0.25, 0.3) is 0 Å². The minimum atomic E-state index is -0.263. The Balaban J connectivity index is 1.16. The molecule has 1 aromatic carbocycles. The monoisotopic (exact) mass is 481 g/mol. The second-order valence-corrected chi connectivity index (χ2v) is 9.10. The molecule has 3 aromatic rings. The third-order valence-electron chi connectivity index (χ3n) is 6.10. The molecule has 0 spiro atoms. The summed E-state index contributed by atoms with van der Waals surface area (Å²) in [7, 11) is 0. The lowest BCUT2D eigenvalue weighted by Gasteiger charge is -2.35. The first-order chi connectivity index (χ1) is 15.1. The number of amides is 2. The molecule has 0 saturated carbocycles. The van der Waals surface area contributed by atoms with E-state index in [-0.39, 0.29) is 24.2 Å². The molecular weight excluding hydrogens is 458 g/mol. The van der Waals surface area contributed by atoms with E-state index in [4.69, 9.17) is 0 Å². The summed E-state index contributed by atoms with van der Waals surface area (Å²) in [6, 6.07) is 13.6. The van der Waals surface area contributed by atoms with Gasteiger partial charge in [-0.25, -0.2) is 4.98 Å². The van der Waals surface area contributed by atoms with Crippen molar-refractivity contribution < 1.29 is 9.59 Å². The molecule has 31 heavy (non-hydrogen) atoms. The van der Waals surface area contributed by atoms with Crippen LogP contribution in [-0.4, -0.2) is 63.7 Å². The van der Waals surface area contributed by atoms with Gasteiger partial charge in [0.05, 0.1) is 11.6 Å². The number of piperazine rings is 1. The Labute approximate surface area is 189 Å². The maximum absolute atomic E-state index is 13.1. The molecule has 2 aliphatic rings. The van der Waals surface area contributed by atoms with Gasteiger partial charge in [-0.1, -0.05) is 22.0 Å². The van der Waals surface area contributed by atoms with Crippen LogP contribution in [-0.2, 0) is 16.1 Å². The number of nitrogens with zero attached hydrogens (tertiary/aromatic N) is 5. The number of benzene rings is 1. The molecule has 2 saturated heterocycles. The molecule has 4 heterocycles. The van der Waals surface area contributed by atoms with Crippen molar-refractivity contribution in [3.63, 3.8) is 0 Å². The first-order valence-corrected chi connectivity index (χ1v) is 11.4. The van der Waals surface area contributed by atoms with Gasteiger partial charge in [-0.2, -0.15) is 0 Å². The van der Waals surface area contributed by atoms with Crippen molar-refractivity contribution >= 4 is 39.1 Å². The summed E-state index contributed by atoms with van der Waals surface area (Å²) in [6.07, 6.45) is 4.35. The molecule has 2 aliphatic heterocycles. The lowest BCUT2D eigenvalue weighted by molar-refractivity contribution is -0.137. The van der Waals surface area contributed by atoms with Crippen molar-refractivity contribution in [1.82, 2.24) is 19.2 Å². The van der Waals surface area contributed by atoms with E-state index in [0.717, 1.165) is 41.1 Å². The summed E-state index contributed by atoms with van der Waals surface area (Å²) in [5, 5.41) is 0. The second-order valence-electron chi connectivity index (χ2n) is 8.18. The smallest absolute Gasteiger partial charge is 0.228 e. The third kappa shape index (κ3) is 4.22. The number of hydrogen-bond donors (Lipinski definition) is 0. The number of carbonyl (C=O) groups excluding carboxylic acids is 2. The molecule has 160 valence electrons. The Hall–Kier alpha value is -2.71. The molecule has 2 amide bonds. The fourth-order valence-electron chi connectivity index (χ4n) is 4.42. The van der Waals surface area contributed by atoms with Crippen LogP contribution in [0.4, 0.5) is 5.69 Å². The van der Waals surface area contributed by atoms with E-state index in [2.05, 4.69) is 32.0 Å². The molecule has 2 fully saturated rings. The van der Waals surface area contributed by atoms with Gasteiger partial charge in [-0.05, 0) is 36.4 Å². The molecule has 8 heteroatoms. The van der Waals surface area contributed by atoms with Crippen molar-refractivity contribution in [2.45, 2.75) is 13.0 Å². The molecule has 1 atom stereocenters. The Morgan fingerprint density at radius 3 is 2.58 bits per heavy atom. The first kappa shape index (κ1) is 20.2. The van der Waals surface area contributed by atoms with Crippen LogP contribution >= 0.6 is 15.9 Å². The number of anilines is 1. The molecule has 2 aromatic heterocycles. The van der Waals surface area contributed by atoms with Gasteiger partial charge in [0, 0.05) is 68.2 Å². The molecule has 0 aliphatic carbocycles.